The highest BCUT2D eigenvalue weighted by molar-refractivity contribution is 7.89. The van der Waals surface area contributed by atoms with E-state index in [2.05, 4.69) is 10.1 Å². The highest BCUT2D eigenvalue weighted by Gasteiger charge is 2.11. The van der Waals surface area contributed by atoms with E-state index in [9.17, 15) is 13.2 Å². The van der Waals surface area contributed by atoms with Crippen LogP contribution in [0.1, 0.15) is 18.5 Å². The Morgan fingerprint density at radius 1 is 1.47 bits per heavy atom. The first-order valence-corrected chi connectivity index (χ1v) is 7.13. The van der Waals surface area contributed by atoms with Crippen LogP contribution in [0.25, 0.3) is 0 Å². The maximum absolute atomic E-state index is 11.2. The number of hydrogen-bond donors (Lipinski definition) is 3. The lowest BCUT2D eigenvalue weighted by atomic mass is 10.1. The average molecular weight is 287 g/mol. The van der Waals surface area contributed by atoms with Crippen LogP contribution < -0.4 is 16.2 Å². The van der Waals surface area contributed by atoms with Gasteiger partial charge >= 0.3 is 6.09 Å². The topological polar surface area (TPSA) is 125 Å². The van der Waals surface area contributed by atoms with Gasteiger partial charge in [-0.1, -0.05) is 12.1 Å². The molecule has 7 nitrogen and oxygen atoms in total. The highest BCUT2D eigenvalue weighted by atomic mass is 32.2. The van der Waals surface area contributed by atoms with Crippen molar-refractivity contribution in [2.24, 2.45) is 10.9 Å². The maximum atomic E-state index is 11.2. The molecule has 5 N–H and O–H groups in total. The number of carbonyl (C=O) groups is 1. The minimum Gasteiger partial charge on any atom is -0.448 e. The Bertz CT molecular complexity index is 545. The Morgan fingerprint density at radius 2 is 2.16 bits per heavy atom. The molecule has 1 atom stereocenters. The first kappa shape index (κ1) is 15.4. The summed E-state index contributed by atoms with van der Waals surface area (Å²) < 4.78 is 27.0. The first-order chi connectivity index (χ1) is 8.80. The number of primary sulfonamides is 1. The number of benzene rings is 1. The van der Waals surface area contributed by atoms with Crippen LogP contribution >= 0.6 is 0 Å². The minimum absolute atomic E-state index is 0.0621. The molecule has 0 aliphatic heterocycles. The average Bonchev–Trinajstić information content (AvgIpc) is 2.33. The second-order valence-electron chi connectivity index (χ2n) is 3.96. The molecule has 0 aromatic heterocycles. The van der Waals surface area contributed by atoms with E-state index >= 15 is 0 Å². The van der Waals surface area contributed by atoms with Gasteiger partial charge in [-0.05, 0) is 24.6 Å². The molecule has 0 aliphatic rings. The van der Waals surface area contributed by atoms with Gasteiger partial charge in [-0.25, -0.2) is 18.4 Å². The molecule has 19 heavy (non-hydrogen) atoms. The number of sulfonamides is 1. The predicted molar refractivity (Wildman–Crippen MR) is 69.8 cm³/mol. The highest BCUT2D eigenvalue weighted by Crippen LogP contribution is 2.16. The number of ether oxygens (including phenoxy) is 1. The van der Waals surface area contributed by atoms with E-state index in [-0.39, 0.29) is 17.5 Å². The third kappa shape index (κ3) is 5.25. The standard InChI is InChI=1S/C11H17N3O4S/c1-8(14-5-6-18-11(12)15)9-3-2-4-10(7-9)19(13,16)17/h2-4,7-8,14H,5-6H2,1H3,(H2,12,15)(H2,13,16,17). The van der Waals surface area contributed by atoms with Gasteiger partial charge in [0.1, 0.15) is 6.61 Å². The van der Waals surface area contributed by atoms with Crippen molar-refractivity contribution in [1.29, 1.82) is 0 Å². The lowest BCUT2D eigenvalue weighted by Crippen LogP contribution is -2.26. The molecule has 1 amide bonds. The molecule has 1 rings (SSSR count). The normalized spacial score (nSPS) is 12.9. The number of amides is 1. The summed E-state index contributed by atoms with van der Waals surface area (Å²) in [6.45, 7) is 2.41. The van der Waals surface area contributed by atoms with E-state index in [0.29, 0.717) is 6.54 Å². The molecule has 0 aliphatic carbocycles. The quantitative estimate of drug-likeness (QED) is 0.639. The number of carbonyl (C=O) groups excluding carboxylic acids is 1. The molecule has 0 saturated heterocycles. The third-order valence-corrected chi connectivity index (χ3v) is 3.39. The van der Waals surface area contributed by atoms with Crippen molar-refractivity contribution < 1.29 is 17.9 Å². The molecule has 0 spiro atoms. The van der Waals surface area contributed by atoms with Crippen LogP contribution in [-0.4, -0.2) is 27.7 Å². The molecule has 0 fully saturated rings. The van der Waals surface area contributed by atoms with E-state index < -0.39 is 16.1 Å². The van der Waals surface area contributed by atoms with Crippen LogP contribution in [0.2, 0.25) is 0 Å². The summed E-state index contributed by atoms with van der Waals surface area (Å²) in [5, 5.41) is 8.13. The second-order valence-corrected chi connectivity index (χ2v) is 5.52. The first-order valence-electron chi connectivity index (χ1n) is 5.59. The number of nitrogens with two attached hydrogens (primary N) is 2. The molecule has 0 bridgehead atoms. The van der Waals surface area contributed by atoms with Crippen molar-refractivity contribution >= 4 is 16.1 Å². The number of rotatable bonds is 6. The number of nitrogens with one attached hydrogen (secondary N) is 1. The van der Waals surface area contributed by atoms with Crippen molar-refractivity contribution in [2.45, 2.75) is 17.9 Å². The molecule has 1 aromatic carbocycles. The Kier molecular flexibility index (Phi) is 5.28. The fourth-order valence-electron chi connectivity index (χ4n) is 1.51. The lowest BCUT2D eigenvalue weighted by molar-refractivity contribution is 0.156. The zero-order chi connectivity index (χ0) is 14.5. The van der Waals surface area contributed by atoms with Crippen molar-refractivity contribution in [3.05, 3.63) is 29.8 Å². The summed E-state index contributed by atoms with van der Waals surface area (Å²) in [5.41, 5.74) is 5.59. The van der Waals surface area contributed by atoms with Gasteiger partial charge in [0.15, 0.2) is 0 Å². The molecule has 1 aromatic rings. The Hall–Kier alpha value is -1.64. The Morgan fingerprint density at radius 3 is 2.74 bits per heavy atom. The van der Waals surface area contributed by atoms with Gasteiger partial charge in [0, 0.05) is 12.6 Å². The van der Waals surface area contributed by atoms with Crippen LogP contribution in [0.5, 0.6) is 0 Å². The third-order valence-electron chi connectivity index (χ3n) is 2.48. The van der Waals surface area contributed by atoms with Gasteiger partial charge in [0.2, 0.25) is 10.0 Å². The zero-order valence-corrected chi connectivity index (χ0v) is 11.3. The molecule has 0 radical (unpaired) electrons. The van der Waals surface area contributed by atoms with Gasteiger partial charge in [0.25, 0.3) is 0 Å². The molecule has 0 heterocycles. The summed E-state index contributed by atoms with van der Waals surface area (Å²) in [6.07, 6.45) is -0.828. The molecular weight excluding hydrogens is 270 g/mol. The van der Waals surface area contributed by atoms with E-state index in [0.717, 1.165) is 5.56 Å². The van der Waals surface area contributed by atoms with E-state index in [1.165, 1.54) is 12.1 Å². The lowest BCUT2D eigenvalue weighted by Gasteiger charge is -2.14. The fourth-order valence-corrected chi connectivity index (χ4v) is 2.07. The zero-order valence-electron chi connectivity index (χ0n) is 10.5. The molecular formula is C11H17N3O4S. The van der Waals surface area contributed by atoms with Gasteiger partial charge in [-0.2, -0.15) is 0 Å². The summed E-state index contributed by atoms with van der Waals surface area (Å²) in [7, 11) is -3.71. The largest absolute Gasteiger partial charge is 0.448 e. The summed E-state index contributed by atoms with van der Waals surface area (Å²) in [4.78, 5) is 10.4. The SMILES string of the molecule is CC(NCCOC(N)=O)c1cccc(S(N)(=O)=O)c1. The van der Waals surface area contributed by atoms with Crippen molar-refractivity contribution in [2.75, 3.05) is 13.2 Å². The van der Waals surface area contributed by atoms with Crippen molar-refractivity contribution in [3.8, 4) is 0 Å². The molecule has 0 saturated carbocycles. The number of primary amides is 1. The number of hydrogen-bond acceptors (Lipinski definition) is 5. The summed E-state index contributed by atoms with van der Waals surface area (Å²) in [5.74, 6) is 0. The van der Waals surface area contributed by atoms with Gasteiger partial charge in [0.05, 0.1) is 4.90 Å². The maximum Gasteiger partial charge on any atom is 0.404 e. The monoisotopic (exact) mass is 287 g/mol. The summed E-state index contributed by atoms with van der Waals surface area (Å²) in [6, 6.07) is 6.22. The second kappa shape index (κ2) is 6.50. The molecule has 106 valence electrons. The molecule has 8 heteroatoms. The van der Waals surface area contributed by atoms with Crippen LogP contribution in [0.4, 0.5) is 4.79 Å². The van der Waals surface area contributed by atoms with Crippen LogP contribution in [0.3, 0.4) is 0 Å². The minimum atomic E-state index is -3.71. The van der Waals surface area contributed by atoms with Crippen LogP contribution in [0, 0.1) is 0 Å². The van der Waals surface area contributed by atoms with Crippen molar-refractivity contribution in [1.82, 2.24) is 5.32 Å². The van der Waals surface area contributed by atoms with Gasteiger partial charge in [-0.15, -0.1) is 0 Å². The molecule has 1 unspecified atom stereocenters. The predicted octanol–water partition coefficient (Wildman–Crippen LogP) is 0.0799. The Labute approximate surface area is 112 Å². The van der Waals surface area contributed by atoms with Crippen LogP contribution in [-0.2, 0) is 14.8 Å². The van der Waals surface area contributed by atoms with Gasteiger partial charge < -0.3 is 15.8 Å². The fraction of sp³-hybridized carbons (Fsp3) is 0.364. The summed E-state index contributed by atoms with van der Waals surface area (Å²) >= 11 is 0. The van der Waals surface area contributed by atoms with Gasteiger partial charge in [-0.3, -0.25) is 0 Å². The smallest absolute Gasteiger partial charge is 0.404 e. The van der Waals surface area contributed by atoms with E-state index in [1.54, 1.807) is 12.1 Å². The van der Waals surface area contributed by atoms with E-state index in [1.807, 2.05) is 6.92 Å². The van der Waals surface area contributed by atoms with Crippen LogP contribution in [0.15, 0.2) is 29.2 Å². The van der Waals surface area contributed by atoms with E-state index in [4.69, 9.17) is 10.9 Å². The Balaban J connectivity index is 2.62. The van der Waals surface area contributed by atoms with Crippen molar-refractivity contribution in [3.63, 3.8) is 0 Å².